The first-order valence-corrected chi connectivity index (χ1v) is 13.2. The second kappa shape index (κ2) is 10.9. The zero-order chi connectivity index (χ0) is 24.8. The molecule has 1 aromatic heterocycles. The molecule has 1 heterocycles. The number of amides is 1. The number of benzene rings is 3. The molecule has 0 aliphatic carbocycles. The van der Waals surface area contributed by atoms with Crippen LogP contribution >= 0.6 is 22.9 Å². The summed E-state index contributed by atoms with van der Waals surface area (Å²) in [6.07, 6.45) is 0. The van der Waals surface area contributed by atoms with Gasteiger partial charge in [-0.3, -0.25) is 14.4 Å². The van der Waals surface area contributed by atoms with Gasteiger partial charge in [0, 0.05) is 10.6 Å². The Bertz CT molecular complexity index is 1410. The summed E-state index contributed by atoms with van der Waals surface area (Å²) in [6.45, 7) is 1.64. The molecule has 0 saturated heterocycles. The molecule has 0 unspecified atom stereocenters. The molecule has 1 amide bonds. The van der Waals surface area contributed by atoms with Gasteiger partial charge >= 0.3 is 0 Å². The molecule has 0 saturated carbocycles. The van der Waals surface area contributed by atoms with E-state index in [4.69, 9.17) is 16.3 Å². The quantitative estimate of drug-likeness (QED) is 0.324. The Kier molecular flexibility index (Phi) is 7.64. The number of halogens is 1. The van der Waals surface area contributed by atoms with Crippen LogP contribution in [0.3, 0.4) is 0 Å². The maximum Gasteiger partial charge on any atom is 0.264 e. The van der Waals surface area contributed by atoms with Gasteiger partial charge in [0.15, 0.2) is 0 Å². The number of anilines is 2. The largest absolute Gasteiger partial charge is 0.492 e. The highest BCUT2D eigenvalue weighted by Crippen LogP contribution is 2.33. The Morgan fingerprint density at radius 1 is 1.00 bits per heavy atom. The normalized spacial score (nSPS) is 11.1. The number of hydrogen-bond acceptors (Lipinski definition) is 7. The minimum absolute atomic E-state index is 0.0556. The fraction of sp³-hybridized carbons (Fsp3) is 0.125. The second-order valence-electron chi connectivity index (χ2n) is 7.19. The van der Waals surface area contributed by atoms with Crippen LogP contribution in [0.5, 0.6) is 5.75 Å². The standard InChI is InChI=1S/C24H21ClN4O4S2/c1-2-33-21-11-7-6-10-20(21)29(35(31,32)19-8-4-3-5-9-19)16-22(30)26-24-28-27-23(34-24)17-12-14-18(25)15-13-17/h3-15H,2,16H2,1H3,(H,26,28,30). The van der Waals surface area contributed by atoms with Gasteiger partial charge in [-0.1, -0.05) is 65.4 Å². The van der Waals surface area contributed by atoms with Crippen LogP contribution in [-0.2, 0) is 14.8 Å². The van der Waals surface area contributed by atoms with Gasteiger partial charge < -0.3 is 4.74 Å². The van der Waals surface area contributed by atoms with Crippen molar-refractivity contribution >= 4 is 49.7 Å². The van der Waals surface area contributed by atoms with Gasteiger partial charge in [-0.05, 0) is 43.3 Å². The number of sulfonamides is 1. The third-order valence-corrected chi connectivity index (χ3v) is 7.73. The summed E-state index contributed by atoms with van der Waals surface area (Å²) >= 11 is 7.10. The molecule has 8 nitrogen and oxygen atoms in total. The Hall–Kier alpha value is -3.47. The average molecular weight is 529 g/mol. The van der Waals surface area contributed by atoms with E-state index in [-0.39, 0.29) is 15.7 Å². The van der Waals surface area contributed by atoms with E-state index in [9.17, 15) is 13.2 Å². The van der Waals surface area contributed by atoms with Gasteiger partial charge in [0.2, 0.25) is 11.0 Å². The summed E-state index contributed by atoms with van der Waals surface area (Å²) in [7, 11) is -4.08. The lowest BCUT2D eigenvalue weighted by atomic mass is 10.2. The van der Waals surface area contributed by atoms with Crippen molar-refractivity contribution < 1.29 is 17.9 Å². The molecule has 0 fully saturated rings. The SMILES string of the molecule is CCOc1ccccc1N(CC(=O)Nc1nnc(-c2ccc(Cl)cc2)s1)S(=O)(=O)c1ccccc1. The molecule has 0 spiro atoms. The highest BCUT2D eigenvalue weighted by molar-refractivity contribution is 7.92. The van der Waals surface area contributed by atoms with Gasteiger partial charge in [-0.15, -0.1) is 10.2 Å². The molecule has 35 heavy (non-hydrogen) atoms. The van der Waals surface area contributed by atoms with Crippen LogP contribution in [0.2, 0.25) is 5.02 Å². The fourth-order valence-electron chi connectivity index (χ4n) is 3.23. The Labute approximate surface area is 212 Å². The number of nitrogens with zero attached hydrogens (tertiary/aromatic N) is 3. The van der Waals surface area contributed by atoms with Crippen LogP contribution in [0.15, 0.2) is 83.8 Å². The van der Waals surface area contributed by atoms with Crippen molar-refractivity contribution in [2.45, 2.75) is 11.8 Å². The molecule has 0 radical (unpaired) electrons. The monoisotopic (exact) mass is 528 g/mol. The molecular weight excluding hydrogens is 508 g/mol. The van der Waals surface area contributed by atoms with E-state index < -0.39 is 22.5 Å². The van der Waals surface area contributed by atoms with Crippen LogP contribution < -0.4 is 14.4 Å². The van der Waals surface area contributed by atoms with Gasteiger partial charge in [-0.2, -0.15) is 0 Å². The minimum atomic E-state index is -4.08. The minimum Gasteiger partial charge on any atom is -0.492 e. The number of nitrogens with one attached hydrogen (secondary N) is 1. The molecule has 0 atom stereocenters. The molecule has 0 aliphatic rings. The lowest BCUT2D eigenvalue weighted by Gasteiger charge is -2.25. The number of ether oxygens (including phenoxy) is 1. The van der Waals surface area contributed by atoms with E-state index in [1.165, 1.54) is 23.5 Å². The first-order chi connectivity index (χ1) is 16.9. The molecule has 11 heteroatoms. The lowest BCUT2D eigenvalue weighted by molar-refractivity contribution is -0.114. The Morgan fingerprint density at radius 3 is 2.40 bits per heavy atom. The highest BCUT2D eigenvalue weighted by atomic mass is 35.5. The number of rotatable bonds is 9. The average Bonchev–Trinajstić information content (AvgIpc) is 3.32. The van der Waals surface area contributed by atoms with Crippen molar-refractivity contribution in [1.82, 2.24) is 10.2 Å². The first kappa shape index (κ1) is 24.6. The van der Waals surface area contributed by atoms with Crippen LogP contribution in [0.25, 0.3) is 10.6 Å². The van der Waals surface area contributed by atoms with Gasteiger partial charge in [0.05, 0.1) is 17.2 Å². The van der Waals surface area contributed by atoms with Crippen molar-refractivity contribution in [3.05, 3.63) is 83.9 Å². The van der Waals surface area contributed by atoms with Crippen molar-refractivity contribution in [3.8, 4) is 16.3 Å². The fourth-order valence-corrected chi connectivity index (χ4v) is 5.58. The molecule has 3 aromatic carbocycles. The number of aromatic nitrogens is 2. The molecule has 180 valence electrons. The van der Waals surface area contributed by atoms with E-state index in [0.29, 0.717) is 22.4 Å². The summed E-state index contributed by atoms with van der Waals surface area (Å²) in [4.78, 5) is 13.1. The molecular formula is C24H21ClN4O4S2. The molecule has 0 aliphatic heterocycles. The van der Waals surface area contributed by atoms with E-state index in [0.717, 1.165) is 9.87 Å². The summed E-state index contributed by atoms with van der Waals surface area (Å²) < 4.78 is 33.8. The van der Waals surface area contributed by atoms with Gasteiger partial charge in [0.25, 0.3) is 10.0 Å². The van der Waals surface area contributed by atoms with Crippen molar-refractivity contribution in [3.63, 3.8) is 0 Å². The zero-order valence-electron chi connectivity index (χ0n) is 18.6. The highest BCUT2D eigenvalue weighted by Gasteiger charge is 2.29. The summed E-state index contributed by atoms with van der Waals surface area (Å²) in [5, 5.41) is 12.2. The predicted molar refractivity (Wildman–Crippen MR) is 138 cm³/mol. The van der Waals surface area contributed by atoms with Crippen molar-refractivity contribution in [2.75, 3.05) is 22.8 Å². The van der Waals surface area contributed by atoms with Crippen LogP contribution in [0, 0.1) is 0 Å². The summed E-state index contributed by atoms with van der Waals surface area (Å²) in [5.74, 6) is -0.224. The van der Waals surface area contributed by atoms with Crippen LogP contribution in [-0.4, -0.2) is 37.7 Å². The first-order valence-electron chi connectivity index (χ1n) is 10.6. The predicted octanol–water partition coefficient (Wildman–Crippen LogP) is 5.09. The Morgan fingerprint density at radius 2 is 1.69 bits per heavy atom. The Balaban J connectivity index is 1.61. The second-order valence-corrected chi connectivity index (χ2v) is 10.5. The summed E-state index contributed by atoms with van der Waals surface area (Å²) in [5.41, 5.74) is 1.05. The third-order valence-electron chi connectivity index (χ3n) is 4.81. The van der Waals surface area contributed by atoms with E-state index in [1.807, 2.05) is 0 Å². The topological polar surface area (TPSA) is 101 Å². The lowest BCUT2D eigenvalue weighted by Crippen LogP contribution is -2.38. The number of para-hydroxylation sites is 2. The maximum absolute atomic E-state index is 13.5. The molecule has 1 N–H and O–H groups in total. The number of carbonyl (C=O) groups excluding carboxylic acids is 1. The van der Waals surface area contributed by atoms with Crippen LogP contribution in [0.1, 0.15) is 6.92 Å². The maximum atomic E-state index is 13.5. The van der Waals surface area contributed by atoms with Gasteiger partial charge in [-0.25, -0.2) is 8.42 Å². The van der Waals surface area contributed by atoms with Crippen molar-refractivity contribution in [2.24, 2.45) is 0 Å². The molecule has 4 aromatic rings. The smallest absolute Gasteiger partial charge is 0.264 e. The zero-order valence-corrected chi connectivity index (χ0v) is 21.0. The molecule has 4 rings (SSSR count). The number of hydrogen-bond donors (Lipinski definition) is 1. The molecule has 0 bridgehead atoms. The van der Waals surface area contributed by atoms with E-state index >= 15 is 0 Å². The number of carbonyl (C=O) groups is 1. The third kappa shape index (κ3) is 5.79. The van der Waals surface area contributed by atoms with E-state index in [2.05, 4.69) is 15.5 Å². The van der Waals surface area contributed by atoms with Crippen molar-refractivity contribution in [1.29, 1.82) is 0 Å². The van der Waals surface area contributed by atoms with E-state index in [1.54, 1.807) is 73.7 Å². The van der Waals surface area contributed by atoms with Crippen LogP contribution in [0.4, 0.5) is 10.8 Å². The summed E-state index contributed by atoms with van der Waals surface area (Å²) in [6, 6.07) is 21.7. The van der Waals surface area contributed by atoms with Gasteiger partial charge in [0.1, 0.15) is 17.3 Å².